The first kappa shape index (κ1) is 16.3. The molecule has 2 amide bonds. The highest BCUT2D eigenvalue weighted by Crippen LogP contribution is 2.30. The lowest BCUT2D eigenvalue weighted by Gasteiger charge is -2.27. The van der Waals surface area contributed by atoms with Gasteiger partial charge in [-0.1, -0.05) is 6.07 Å². The summed E-state index contributed by atoms with van der Waals surface area (Å²) in [4.78, 5) is 26.9. The van der Waals surface area contributed by atoms with Crippen molar-refractivity contribution in [1.29, 1.82) is 0 Å². The Hall–Kier alpha value is -2.56. The van der Waals surface area contributed by atoms with Crippen LogP contribution >= 0.6 is 0 Å². The van der Waals surface area contributed by atoms with E-state index in [1.54, 1.807) is 18.2 Å². The Kier molecular flexibility index (Phi) is 4.42. The Morgan fingerprint density at radius 1 is 1.25 bits per heavy atom. The van der Waals surface area contributed by atoms with Crippen LogP contribution in [0.2, 0.25) is 0 Å². The lowest BCUT2D eigenvalue weighted by atomic mass is 10.1. The molecule has 0 bridgehead atoms. The maximum absolute atomic E-state index is 12.8. The van der Waals surface area contributed by atoms with Crippen molar-refractivity contribution in [2.45, 2.75) is 45.7 Å². The molecule has 1 heterocycles. The first-order valence-corrected chi connectivity index (χ1v) is 8.25. The third-order valence-corrected chi connectivity index (χ3v) is 4.21. The Labute approximate surface area is 141 Å². The summed E-state index contributed by atoms with van der Waals surface area (Å²) >= 11 is 0. The van der Waals surface area contributed by atoms with Crippen LogP contribution in [0.25, 0.3) is 0 Å². The SMILES string of the molecule is Cc1ccc(C(=O)N(C(C)C)C2CC2)cc1NC(=O)c1ccco1. The van der Waals surface area contributed by atoms with Gasteiger partial charge in [0.05, 0.1) is 6.26 Å². The van der Waals surface area contributed by atoms with Crippen LogP contribution in [0.4, 0.5) is 5.69 Å². The Bertz CT molecular complexity index is 744. The molecular weight excluding hydrogens is 304 g/mol. The zero-order chi connectivity index (χ0) is 17.3. The van der Waals surface area contributed by atoms with E-state index in [0.717, 1.165) is 18.4 Å². The maximum Gasteiger partial charge on any atom is 0.291 e. The fourth-order valence-electron chi connectivity index (χ4n) is 2.81. The van der Waals surface area contributed by atoms with Gasteiger partial charge in [-0.2, -0.15) is 0 Å². The van der Waals surface area contributed by atoms with Crippen LogP contribution in [0.15, 0.2) is 41.0 Å². The van der Waals surface area contributed by atoms with Gasteiger partial charge in [0.25, 0.3) is 11.8 Å². The van der Waals surface area contributed by atoms with Crippen molar-refractivity contribution in [3.63, 3.8) is 0 Å². The number of hydrogen-bond donors (Lipinski definition) is 1. The van der Waals surface area contributed by atoms with E-state index in [-0.39, 0.29) is 23.6 Å². The Balaban J connectivity index is 1.83. The van der Waals surface area contributed by atoms with Crippen LogP contribution in [0, 0.1) is 6.92 Å². The molecule has 0 unspecified atom stereocenters. The molecule has 2 aromatic rings. The van der Waals surface area contributed by atoms with Crippen molar-refractivity contribution in [2.24, 2.45) is 0 Å². The predicted molar refractivity (Wildman–Crippen MR) is 92.2 cm³/mol. The molecular formula is C19H22N2O3. The minimum absolute atomic E-state index is 0.0148. The van der Waals surface area contributed by atoms with Crippen molar-refractivity contribution in [2.75, 3.05) is 5.32 Å². The van der Waals surface area contributed by atoms with Gasteiger partial charge in [0.15, 0.2) is 5.76 Å². The number of nitrogens with one attached hydrogen (secondary N) is 1. The van der Waals surface area contributed by atoms with Crippen molar-refractivity contribution in [3.05, 3.63) is 53.5 Å². The average Bonchev–Trinajstić information content (AvgIpc) is 3.20. The van der Waals surface area contributed by atoms with E-state index in [1.807, 2.05) is 37.8 Å². The summed E-state index contributed by atoms with van der Waals surface area (Å²) < 4.78 is 5.11. The van der Waals surface area contributed by atoms with Crippen molar-refractivity contribution < 1.29 is 14.0 Å². The number of furan rings is 1. The summed E-state index contributed by atoms with van der Waals surface area (Å²) in [7, 11) is 0. The molecule has 1 aromatic heterocycles. The molecule has 5 nitrogen and oxygen atoms in total. The molecule has 1 N–H and O–H groups in total. The number of carbonyl (C=O) groups excluding carboxylic acids is 2. The van der Waals surface area contributed by atoms with Crippen molar-refractivity contribution in [1.82, 2.24) is 4.90 Å². The van der Waals surface area contributed by atoms with Crippen LogP contribution in [-0.2, 0) is 0 Å². The smallest absolute Gasteiger partial charge is 0.291 e. The standard InChI is InChI=1S/C19H22N2O3/c1-12(2)21(15-8-9-15)19(23)14-7-6-13(3)16(11-14)20-18(22)17-5-4-10-24-17/h4-7,10-12,15H,8-9H2,1-3H3,(H,20,22). The molecule has 3 rings (SSSR count). The van der Waals surface area contributed by atoms with E-state index < -0.39 is 0 Å². The predicted octanol–water partition coefficient (Wildman–Crippen LogP) is 3.85. The second-order valence-corrected chi connectivity index (χ2v) is 6.50. The van der Waals surface area contributed by atoms with E-state index in [9.17, 15) is 9.59 Å². The second-order valence-electron chi connectivity index (χ2n) is 6.50. The number of benzene rings is 1. The normalized spacial score (nSPS) is 13.8. The molecule has 1 fully saturated rings. The number of carbonyl (C=O) groups is 2. The molecule has 0 atom stereocenters. The molecule has 0 aliphatic heterocycles. The third kappa shape index (κ3) is 3.35. The molecule has 0 radical (unpaired) electrons. The van der Waals surface area contributed by atoms with Crippen LogP contribution in [0.3, 0.4) is 0 Å². The van der Waals surface area contributed by atoms with Gasteiger partial charge in [0.2, 0.25) is 0 Å². The van der Waals surface area contributed by atoms with Gasteiger partial charge in [-0.05, 0) is 63.4 Å². The van der Waals surface area contributed by atoms with Crippen LogP contribution in [0.1, 0.15) is 53.2 Å². The molecule has 1 saturated carbocycles. The average molecular weight is 326 g/mol. The quantitative estimate of drug-likeness (QED) is 0.907. The molecule has 5 heteroatoms. The number of amides is 2. The lowest BCUT2D eigenvalue weighted by Crippen LogP contribution is -2.38. The zero-order valence-corrected chi connectivity index (χ0v) is 14.2. The minimum Gasteiger partial charge on any atom is -0.459 e. The van der Waals surface area contributed by atoms with E-state index >= 15 is 0 Å². The van der Waals surface area contributed by atoms with E-state index in [0.29, 0.717) is 17.3 Å². The van der Waals surface area contributed by atoms with Crippen LogP contribution < -0.4 is 5.32 Å². The Morgan fingerprint density at radius 3 is 2.58 bits per heavy atom. The molecule has 0 saturated heterocycles. The van der Waals surface area contributed by atoms with Crippen molar-refractivity contribution >= 4 is 17.5 Å². The first-order chi connectivity index (χ1) is 11.5. The van der Waals surface area contributed by atoms with E-state index in [1.165, 1.54) is 6.26 Å². The number of aryl methyl sites for hydroxylation is 1. The minimum atomic E-state index is -0.324. The van der Waals surface area contributed by atoms with Gasteiger partial charge < -0.3 is 14.6 Å². The summed E-state index contributed by atoms with van der Waals surface area (Å²) in [5.74, 6) is -0.0653. The lowest BCUT2D eigenvalue weighted by molar-refractivity contribution is 0.0690. The number of anilines is 1. The summed E-state index contributed by atoms with van der Waals surface area (Å²) in [6, 6.07) is 9.20. The molecule has 1 aromatic carbocycles. The number of nitrogens with zero attached hydrogens (tertiary/aromatic N) is 1. The fraction of sp³-hybridized carbons (Fsp3) is 0.368. The van der Waals surface area contributed by atoms with Gasteiger partial charge in [-0.15, -0.1) is 0 Å². The van der Waals surface area contributed by atoms with Crippen LogP contribution in [-0.4, -0.2) is 28.8 Å². The molecule has 24 heavy (non-hydrogen) atoms. The van der Waals surface area contributed by atoms with Gasteiger partial charge in [0.1, 0.15) is 0 Å². The fourth-order valence-corrected chi connectivity index (χ4v) is 2.81. The molecule has 0 spiro atoms. The van der Waals surface area contributed by atoms with Gasteiger partial charge in [-0.25, -0.2) is 0 Å². The van der Waals surface area contributed by atoms with Gasteiger partial charge in [0, 0.05) is 23.3 Å². The number of hydrogen-bond acceptors (Lipinski definition) is 3. The zero-order valence-electron chi connectivity index (χ0n) is 14.2. The Morgan fingerprint density at radius 2 is 2.00 bits per heavy atom. The summed E-state index contributed by atoms with van der Waals surface area (Å²) in [5.41, 5.74) is 2.12. The molecule has 1 aliphatic carbocycles. The molecule has 126 valence electrons. The monoisotopic (exact) mass is 326 g/mol. The summed E-state index contributed by atoms with van der Waals surface area (Å²) in [5, 5.41) is 2.82. The topological polar surface area (TPSA) is 62.6 Å². The highest BCUT2D eigenvalue weighted by atomic mass is 16.3. The van der Waals surface area contributed by atoms with E-state index in [2.05, 4.69) is 5.32 Å². The summed E-state index contributed by atoms with van der Waals surface area (Å²) in [6.07, 6.45) is 3.59. The number of rotatable bonds is 5. The van der Waals surface area contributed by atoms with Crippen molar-refractivity contribution in [3.8, 4) is 0 Å². The van der Waals surface area contributed by atoms with Crippen LogP contribution in [0.5, 0.6) is 0 Å². The summed E-state index contributed by atoms with van der Waals surface area (Å²) in [6.45, 7) is 5.96. The maximum atomic E-state index is 12.8. The first-order valence-electron chi connectivity index (χ1n) is 8.25. The van der Waals surface area contributed by atoms with Gasteiger partial charge in [-0.3, -0.25) is 9.59 Å². The largest absolute Gasteiger partial charge is 0.459 e. The second kappa shape index (κ2) is 6.51. The highest BCUT2D eigenvalue weighted by Gasteiger charge is 2.34. The highest BCUT2D eigenvalue weighted by molar-refractivity contribution is 6.04. The van der Waals surface area contributed by atoms with Gasteiger partial charge >= 0.3 is 0 Å². The van der Waals surface area contributed by atoms with E-state index in [4.69, 9.17) is 4.42 Å². The third-order valence-electron chi connectivity index (χ3n) is 4.21. The molecule has 1 aliphatic rings.